The maximum absolute atomic E-state index is 11.8. The monoisotopic (exact) mass is 348 g/mol. The Balaban J connectivity index is 2.26. The molecule has 1 heterocycles. The van der Waals surface area contributed by atoms with Gasteiger partial charge in [-0.25, -0.2) is 22.5 Å². The molecule has 1 atom stereocenters. The average molecular weight is 348 g/mol. The van der Waals surface area contributed by atoms with Crippen LogP contribution in [-0.2, 0) is 10.0 Å². The summed E-state index contributed by atoms with van der Waals surface area (Å²) >= 11 is 1.54. The van der Waals surface area contributed by atoms with Crippen LogP contribution in [0.15, 0.2) is 5.38 Å². The number of nitrogens with one attached hydrogen (secondary N) is 2. The maximum Gasteiger partial charge on any atom is 0.315 e. The molecule has 0 radical (unpaired) electrons. The SMILES string of the molecule is CCS(=O)(=O)N(C)CCCNC(=O)NC(C)c1csc(C)n1. The third kappa shape index (κ3) is 5.90. The van der Waals surface area contributed by atoms with Gasteiger partial charge < -0.3 is 10.6 Å². The number of aromatic nitrogens is 1. The first kappa shape index (κ1) is 18.9. The van der Waals surface area contributed by atoms with Gasteiger partial charge in [-0.1, -0.05) is 0 Å². The number of thiazole rings is 1. The zero-order chi connectivity index (χ0) is 16.8. The van der Waals surface area contributed by atoms with Crippen LogP contribution in [0.3, 0.4) is 0 Å². The third-order valence-corrected chi connectivity index (χ3v) is 5.86. The van der Waals surface area contributed by atoms with Gasteiger partial charge in [0.15, 0.2) is 0 Å². The number of rotatable bonds is 8. The van der Waals surface area contributed by atoms with Gasteiger partial charge in [-0.05, 0) is 27.2 Å². The molecular weight excluding hydrogens is 324 g/mol. The first-order valence-corrected chi connectivity index (χ1v) is 9.65. The summed E-state index contributed by atoms with van der Waals surface area (Å²) in [4.78, 5) is 16.1. The second-order valence-corrected chi connectivity index (χ2v) is 8.42. The summed E-state index contributed by atoms with van der Waals surface area (Å²) in [7, 11) is -1.61. The lowest BCUT2D eigenvalue weighted by molar-refractivity contribution is 0.237. The number of carbonyl (C=O) groups is 1. The largest absolute Gasteiger partial charge is 0.338 e. The minimum atomic E-state index is -3.15. The predicted octanol–water partition coefficient (Wildman–Crippen LogP) is 1.48. The van der Waals surface area contributed by atoms with E-state index in [-0.39, 0.29) is 17.8 Å². The van der Waals surface area contributed by atoms with Crippen molar-refractivity contribution in [1.82, 2.24) is 19.9 Å². The second kappa shape index (κ2) is 8.44. The van der Waals surface area contributed by atoms with E-state index in [1.54, 1.807) is 25.3 Å². The number of urea groups is 1. The first-order chi connectivity index (χ1) is 10.3. The van der Waals surface area contributed by atoms with Crippen molar-refractivity contribution in [1.29, 1.82) is 0 Å². The Morgan fingerprint density at radius 3 is 2.73 bits per heavy atom. The highest BCUT2D eigenvalue weighted by atomic mass is 32.2. The number of sulfonamides is 1. The summed E-state index contributed by atoms with van der Waals surface area (Å²) in [5.41, 5.74) is 0.839. The molecule has 0 spiro atoms. The molecular formula is C13H24N4O3S2. The maximum atomic E-state index is 11.8. The van der Waals surface area contributed by atoms with Gasteiger partial charge in [0.05, 0.1) is 22.5 Å². The molecule has 0 aliphatic carbocycles. The summed E-state index contributed by atoms with van der Waals surface area (Å²) in [5.74, 6) is 0.0853. The lowest BCUT2D eigenvalue weighted by atomic mass is 10.3. The molecule has 1 aromatic rings. The van der Waals surface area contributed by atoms with Crippen molar-refractivity contribution < 1.29 is 13.2 Å². The summed E-state index contributed by atoms with van der Waals surface area (Å²) < 4.78 is 24.4. The summed E-state index contributed by atoms with van der Waals surface area (Å²) in [5, 5.41) is 8.40. The van der Waals surface area contributed by atoms with Gasteiger partial charge in [0.2, 0.25) is 10.0 Å². The molecule has 22 heavy (non-hydrogen) atoms. The molecule has 9 heteroatoms. The van der Waals surface area contributed by atoms with E-state index < -0.39 is 10.0 Å². The fourth-order valence-corrected chi connectivity index (χ4v) is 3.32. The first-order valence-electron chi connectivity index (χ1n) is 7.16. The van der Waals surface area contributed by atoms with Crippen LogP contribution in [0.4, 0.5) is 4.79 Å². The van der Waals surface area contributed by atoms with Crippen LogP contribution in [0.2, 0.25) is 0 Å². The smallest absolute Gasteiger partial charge is 0.315 e. The molecule has 0 aromatic carbocycles. The quantitative estimate of drug-likeness (QED) is 0.696. The van der Waals surface area contributed by atoms with E-state index in [0.717, 1.165) is 10.7 Å². The molecule has 0 saturated carbocycles. The van der Waals surface area contributed by atoms with Gasteiger partial charge in [-0.3, -0.25) is 0 Å². The van der Waals surface area contributed by atoms with Gasteiger partial charge in [-0.2, -0.15) is 0 Å². The van der Waals surface area contributed by atoms with E-state index in [1.807, 2.05) is 19.2 Å². The zero-order valence-electron chi connectivity index (χ0n) is 13.4. The Labute approximate surface area is 136 Å². The van der Waals surface area contributed by atoms with Crippen molar-refractivity contribution in [3.8, 4) is 0 Å². The van der Waals surface area contributed by atoms with Crippen LogP contribution >= 0.6 is 11.3 Å². The van der Waals surface area contributed by atoms with Crippen LogP contribution in [0, 0.1) is 6.92 Å². The Morgan fingerprint density at radius 1 is 1.50 bits per heavy atom. The minimum Gasteiger partial charge on any atom is -0.338 e. The Bertz CT molecular complexity index is 586. The summed E-state index contributed by atoms with van der Waals surface area (Å²) in [6.45, 7) is 6.20. The van der Waals surface area contributed by atoms with E-state index in [1.165, 1.54) is 4.31 Å². The third-order valence-electron chi connectivity index (χ3n) is 3.20. The van der Waals surface area contributed by atoms with E-state index in [4.69, 9.17) is 0 Å². The highest BCUT2D eigenvalue weighted by Crippen LogP contribution is 2.15. The highest BCUT2D eigenvalue weighted by molar-refractivity contribution is 7.89. The van der Waals surface area contributed by atoms with Gasteiger partial charge >= 0.3 is 6.03 Å². The van der Waals surface area contributed by atoms with Crippen LogP contribution in [0.1, 0.15) is 37.0 Å². The average Bonchev–Trinajstić information content (AvgIpc) is 2.90. The normalized spacial score (nSPS) is 13.1. The van der Waals surface area contributed by atoms with E-state index in [2.05, 4.69) is 15.6 Å². The predicted molar refractivity (Wildman–Crippen MR) is 88.5 cm³/mol. The second-order valence-electron chi connectivity index (χ2n) is 4.99. The molecule has 0 aliphatic heterocycles. The van der Waals surface area contributed by atoms with Gasteiger partial charge in [0.1, 0.15) is 0 Å². The number of hydrogen-bond acceptors (Lipinski definition) is 5. The van der Waals surface area contributed by atoms with Gasteiger partial charge in [0, 0.05) is 25.5 Å². The van der Waals surface area contributed by atoms with Crippen LogP contribution < -0.4 is 10.6 Å². The van der Waals surface area contributed by atoms with Crippen LogP contribution in [0.5, 0.6) is 0 Å². The Hall–Kier alpha value is -1.19. The molecule has 1 rings (SSSR count). The highest BCUT2D eigenvalue weighted by Gasteiger charge is 2.15. The lowest BCUT2D eigenvalue weighted by Crippen LogP contribution is -2.39. The van der Waals surface area contributed by atoms with Crippen molar-refractivity contribution in [2.45, 2.75) is 33.2 Å². The molecule has 2 amide bonds. The molecule has 0 saturated heterocycles. The number of hydrogen-bond donors (Lipinski definition) is 2. The number of nitrogens with zero attached hydrogens (tertiary/aromatic N) is 2. The molecule has 126 valence electrons. The molecule has 0 fully saturated rings. The molecule has 2 N–H and O–H groups in total. The number of aryl methyl sites for hydroxylation is 1. The topological polar surface area (TPSA) is 91.4 Å². The van der Waals surface area contributed by atoms with Crippen molar-refractivity contribution in [3.05, 3.63) is 16.1 Å². The zero-order valence-corrected chi connectivity index (χ0v) is 15.1. The Morgan fingerprint density at radius 2 is 2.18 bits per heavy atom. The van der Waals surface area contributed by atoms with Crippen LogP contribution in [-0.4, -0.2) is 49.6 Å². The molecule has 7 nitrogen and oxygen atoms in total. The van der Waals surface area contributed by atoms with E-state index >= 15 is 0 Å². The van der Waals surface area contributed by atoms with Gasteiger partial charge in [0.25, 0.3) is 0 Å². The summed E-state index contributed by atoms with van der Waals surface area (Å²) in [6.07, 6.45) is 0.563. The number of amides is 2. The van der Waals surface area contributed by atoms with Crippen LogP contribution in [0.25, 0.3) is 0 Å². The Kier molecular flexibility index (Phi) is 7.24. The van der Waals surface area contributed by atoms with E-state index in [9.17, 15) is 13.2 Å². The minimum absolute atomic E-state index is 0.0853. The standard InChI is InChI=1S/C13H24N4O3S2/c1-5-22(19,20)17(4)8-6-7-14-13(18)15-10(2)12-9-21-11(3)16-12/h9-10H,5-8H2,1-4H3,(H2,14,15,18). The number of carbonyl (C=O) groups excluding carboxylic acids is 1. The molecule has 0 bridgehead atoms. The van der Waals surface area contributed by atoms with Crippen molar-refractivity contribution in [3.63, 3.8) is 0 Å². The molecule has 0 aliphatic rings. The lowest BCUT2D eigenvalue weighted by Gasteiger charge is -2.16. The van der Waals surface area contributed by atoms with Crippen molar-refractivity contribution >= 4 is 27.4 Å². The van der Waals surface area contributed by atoms with Crippen molar-refractivity contribution in [2.75, 3.05) is 25.9 Å². The van der Waals surface area contributed by atoms with E-state index in [0.29, 0.717) is 19.5 Å². The fourth-order valence-electron chi connectivity index (χ4n) is 1.76. The van der Waals surface area contributed by atoms with Crippen molar-refractivity contribution in [2.24, 2.45) is 0 Å². The molecule has 1 aromatic heterocycles. The van der Waals surface area contributed by atoms with Gasteiger partial charge in [-0.15, -0.1) is 11.3 Å². The molecule has 1 unspecified atom stereocenters. The summed E-state index contributed by atoms with van der Waals surface area (Å²) in [6, 6.07) is -0.438. The fraction of sp³-hybridized carbons (Fsp3) is 0.692.